The summed E-state index contributed by atoms with van der Waals surface area (Å²) in [5, 5.41) is 0. The molecule has 3 aliphatic heterocycles. The van der Waals surface area contributed by atoms with E-state index >= 15 is 0 Å². The molecule has 7 nitrogen and oxygen atoms in total. The van der Waals surface area contributed by atoms with Crippen LogP contribution in [0.1, 0.15) is 11.1 Å². The van der Waals surface area contributed by atoms with Crippen molar-refractivity contribution in [3.8, 4) is 11.5 Å². The van der Waals surface area contributed by atoms with Gasteiger partial charge < -0.3 is 19.3 Å². The van der Waals surface area contributed by atoms with Gasteiger partial charge in [0, 0.05) is 26.2 Å². The molecular formula is C23H22FN3O4. The Hall–Kier alpha value is -3.39. The van der Waals surface area contributed by atoms with Gasteiger partial charge in [0.05, 0.1) is 12.1 Å². The van der Waals surface area contributed by atoms with Crippen molar-refractivity contribution in [3.05, 3.63) is 65.1 Å². The van der Waals surface area contributed by atoms with E-state index in [4.69, 9.17) is 9.47 Å². The second kappa shape index (κ2) is 7.70. The summed E-state index contributed by atoms with van der Waals surface area (Å²) >= 11 is 0. The minimum atomic E-state index is -0.389. The summed E-state index contributed by atoms with van der Waals surface area (Å²) in [7, 11) is 2.03. The van der Waals surface area contributed by atoms with E-state index in [2.05, 4.69) is 4.90 Å². The first-order valence-electron chi connectivity index (χ1n) is 10.2. The molecule has 0 aliphatic carbocycles. The first-order valence-corrected chi connectivity index (χ1v) is 10.2. The zero-order valence-corrected chi connectivity index (χ0v) is 17.1. The Morgan fingerprint density at radius 1 is 0.903 bits per heavy atom. The molecule has 0 radical (unpaired) electrons. The van der Waals surface area contributed by atoms with Gasteiger partial charge in [-0.2, -0.15) is 0 Å². The van der Waals surface area contributed by atoms with E-state index in [1.54, 1.807) is 24.3 Å². The van der Waals surface area contributed by atoms with Gasteiger partial charge >= 0.3 is 0 Å². The lowest BCUT2D eigenvalue weighted by Crippen LogP contribution is -2.46. The molecule has 0 atom stereocenters. The van der Waals surface area contributed by atoms with E-state index in [1.165, 1.54) is 17.0 Å². The Kier molecular flexibility index (Phi) is 4.86. The third-order valence-corrected chi connectivity index (χ3v) is 5.87. The molecule has 8 heteroatoms. The highest BCUT2D eigenvalue weighted by molar-refractivity contribution is 6.35. The molecule has 2 amide bonds. The molecule has 3 aliphatic rings. The van der Waals surface area contributed by atoms with Crippen LogP contribution in [0.3, 0.4) is 0 Å². The molecule has 0 N–H and O–H groups in total. The quantitative estimate of drug-likeness (QED) is 0.702. The predicted molar refractivity (Wildman–Crippen MR) is 111 cm³/mol. The third kappa shape index (κ3) is 3.53. The summed E-state index contributed by atoms with van der Waals surface area (Å²) in [5.74, 6) is 0.155. The number of likely N-dealkylation sites (N-methyl/N-ethyl adjacent to an activating group) is 1. The van der Waals surface area contributed by atoms with Crippen molar-refractivity contribution >= 4 is 17.4 Å². The van der Waals surface area contributed by atoms with Crippen LogP contribution < -0.4 is 9.47 Å². The van der Waals surface area contributed by atoms with Gasteiger partial charge in [0.2, 0.25) is 6.79 Å². The number of benzene rings is 2. The summed E-state index contributed by atoms with van der Waals surface area (Å²) < 4.78 is 24.3. The molecule has 2 aromatic rings. The number of piperazine rings is 1. The number of fused-ring (bicyclic) bond motifs is 1. The van der Waals surface area contributed by atoms with Crippen molar-refractivity contribution in [1.29, 1.82) is 0 Å². The number of hydrogen-bond acceptors (Lipinski definition) is 6. The van der Waals surface area contributed by atoms with E-state index < -0.39 is 0 Å². The Morgan fingerprint density at radius 3 is 2.35 bits per heavy atom. The highest BCUT2D eigenvalue weighted by Crippen LogP contribution is 2.36. The zero-order valence-electron chi connectivity index (χ0n) is 17.1. The monoisotopic (exact) mass is 423 g/mol. The van der Waals surface area contributed by atoms with Gasteiger partial charge in [-0.3, -0.25) is 14.5 Å². The second-order valence-corrected chi connectivity index (χ2v) is 7.90. The highest BCUT2D eigenvalue weighted by atomic mass is 19.1. The van der Waals surface area contributed by atoms with Crippen molar-refractivity contribution in [1.82, 2.24) is 14.7 Å². The normalized spacial score (nSPS) is 19.0. The van der Waals surface area contributed by atoms with Crippen LogP contribution in [0.25, 0.3) is 5.57 Å². The molecule has 31 heavy (non-hydrogen) atoms. The molecule has 5 rings (SSSR count). The van der Waals surface area contributed by atoms with Gasteiger partial charge in [0.1, 0.15) is 11.5 Å². The van der Waals surface area contributed by atoms with Crippen LogP contribution in [0.2, 0.25) is 0 Å². The number of amides is 2. The molecule has 1 saturated heterocycles. The maximum absolute atomic E-state index is 13.5. The Labute approximate surface area is 179 Å². The largest absolute Gasteiger partial charge is 0.454 e. The van der Waals surface area contributed by atoms with Crippen LogP contribution in [0.4, 0.5) is 4.39 Å². The molecular weight excluding hydrogens is 401 g/mol. The van der Waals surface area contributed by atoms with Crippen molar-refractivity contribution in [2.75, 3.05) is 40.0 Å². The lowest BCUT2D eigenvalue weighted by molar-refractivity contribution is -0.138. The maximum Gasteiger partial charge on any atom is 0.278 e. The van der Waals surface area contributed by atoms with E-state index in [0.717, 1.165) is 18.7 Å². The fraction of sp³-hybridized carbons (Fsp3) is 0.304. The van der Waals surface area contributed by atoms with Gasteiger partial charge in [-0.15, -0.1) is 0 Å². The van der Waals surface area contributed by atoms with E-state index in [1.807, 2.05) is 18.0 Å². The van der Waals surface area contributed by atoms with Crippen LogP contribution in [0, 0.1) is 5.82 Å². The number of carbonyl (C=O) groups excluding carboxylic acids is 2. The predicted octanol–water partition coefficient (Wildman–Crippen LogP) is 2.08. The Balaban J connectivity index is 1.49. The first kappa shape index (κ1) is 19.6. The van der Waals surface area contributed by atoms with Crippen LogP contribution in [-0.4, -0.2) is 66.5 Å². The number of carbonyl (C=O) groups is 2. The fourth-order valence-corrected chi connectivity index (χ4v) is 4.13. The Morgan fingerprint density at radius 2 is 1.61 bits per heavy atom. The molecule has 1 fully saturated rings. The molecule has 0 unspecified atom stereocenters. The number of hydrogen-bond donors (Lipinski definition) is 0. The Bertz CT molecular complexity index is 1070. The highest BCUT2D eigenvalue weighted by Gasteiger charge is 2.42. The minimum absolute atomic E-state index is 0.121. The van der Waals surface area contributed by atoms with Crippen LogP contribution in [0.15, 0.2) is 48.2 Å². The summed E-state index contributed by atoms with van der Waals surface area (Å²) in [6.07, 6.45) is 0. The van der Waals surface area contributed by atoms with Crippen LogP contribution in [0.5, 0.6) is 11.5 Å². The lowest BCUT2D eigenvalue weighted by atomic mass is 10.0. The van der Waals surface area contributed by atoms with Gasteiger partial charge in [-0.05, 0) is 42.4 Å². The summed E-state index contributed by atoms with van der Waals surface area (Å²) in [5.41, 5.74) is 2.03. The number of ether oxygens (including phenoxy) is 2. The number of imide groups is 1. The van der Waals surface area contributed by atoms with Gasteiger partial charge in [-0.1, -0.05) is 18.2 Å². The smallest absolute Gasteiger partial charge is 0.278 e. The number of rotatable bonds is 4. The minimum Gasteiger partial charge on any atom is -0.454 e. The maximum atomic E-state index is 13.5. The molecule has 0 spiro atoms. The van der Waals surface area contributed by atoms with Crippen molar-refractivity contribution < 1.29 is 23.5 Å². The van der Waals surface area contributed by atoms with Gasteiger partial charge in [0.25, 0.3) is 11.8 Å². The summed E-state index contributed by atoms with van der Waals surface area (Å²) in [6.45, 7) is 3.16. The lowest BCUT2D eigenvalue weighted by Gasteiger charge is -2.34. The third-order valence-electron chi connectivity index (χ3n) is 5.87. The second-order valence-electron chi connectivity index (χ2n) is 7.90. The molecule has 3 heterocycles. The van der Waals surface area contributed by atoms with E-state index in [-0.39, 0.29) is 31.0 Å². The SMILES string of the molecule is CN1CCN(C2=C(c3ccc(F)cc3)C(=O)N(Cc3ccc4c(c3)OCO4)C2=O)CC1. The van der Waals surface area contributed by atoms with Crippen molar-refractivity contribution in [2.45, 2.75) is 6.54 Å². The summed E-state index contributed by atoms with van der Waals surface area (Å²) in [4.78, 5) is 32.3. The molecule has 0 saturated carbocycles. The average molecular weight is 423 g/mol. The van der Waals surface area contributed by atoms with Crippen LogP contribution in [-0.2, 0) is 16.1 Å². The standard InChI is InChI=1S/C23H22FN3O4/c1-25-8-10-26(11-9-25)21-20(16-3-5-17(24)6-4-16)22(28)27(23(21)29)13-15-2-7-18-19(12-15)31-14-30-18/h2-7,12H,8-11,13-14H2,1H3. The zero-order chi connectivity index (χ0) is 21.5. The van der Waals surface area contributed by atoms with E-state index in [0.29, 0.717) is 41.4 Å². The van der Waals surface area contributed by atoms with E-state index in [9.17, 15) is 14.0 Å². The fourth-order valence-electron chi connectivity index (χ4n) is 4.13. The molecule has 0 bridgehead atoms. The molecule has 0 aromatic heterocycles. The first-order chi connectivity index (χ1) is 15.0. The molecule has 160 valence electrons. The topological polar surface area (TPSA) is 62.3 Å². The number of nitrogens with zero attached hydrogens (tertiary/aromatic N) is 3. The number of halogens is 1. The van der Waals surface area contributed by atoms with Crippen molar-refractivity contribution in [3.63, 3.8) is 0 Å². The van der Waals surface area contributed by atoms with Crippen LogP contribution >= 0.6 is 0 Å². The average Bonchev–Trinajstić information content (AvgIpc) is 3.33. The van der Waals surface area contributed by atoms with Crippen molar-refractivity contribution in [2.24, 2.45) is 0 Å². The van der Waals surface area contributed by atoms with Gasteiger partial charge in [0.15, 0.2) is 11.5 Å². The van der Waals surface area contributed by atoms with Gasteiger partial charge in [-0.25, -0.2) is 4.39 Å². The summed E-state index contributed by atoms with van der Waals surface area (Å²) in [6, 6.07) is 11.1. The molecule has 2 aromatic carbocycles.